The molecule has 0 aliphatic rings. The lowest BCUT2D eigenvalue weighted by molar-refractivity contribution is 0.0510. The molecule has 33 heavy (non-hydrogen) atoms. The van der Waals surface area contributed by atoms with Gasteiger partial charge in [-0.25, -0.2) is 9.59 Å². The van der Waals surface area contributed by atoms with Gasteiger partial charge < -0.3 is 19.4 Å². The highest BCUT2D eigenvalue weighted by molar-refractivity contribution is 14.1. The van der Waals surface area contributed by atoms with Crippen molar-refractivity contribution in [3.8, 4) is 0 Å². The first-order chi connectivity index (χ1) is 15.9. The van der Waals surface area contributed by atoms with E-state index < -0.39 is 0 Å². The van der Waals surface area contributed by atoms with Crippen LogP contribution in [-0.2, 0) is 22.3 Å². The molecule has 2 aromatic carbocycles. The zero-order valence-electron chi connectivity index (χ0n) is 19.4. The number of hydrogen-bond donors (Lipinski definition) is 2. The predicted molar refractivity (Wildman–Crippen MR) is 140 cm³/mol. The van der Waals surface area contributed by atoms with Crippen LogP contribution in [0.5, 0.6) is 0 Å². The zero-order valence-corrected chi connectivity index (χ0v) is 21.5. The molecular weight excluding hydrogens is 531 g/mol. The van der Waals surface area contributed by atoms with Gasteiger partial charge in [0.05, 0.1) is 16.8 Å². The van der Waals surface area contributed by atoms with Crippen molar-refractivity contribution in [2.24, 2.45) is 0 Å². The third-order valence-corrected chi connectivity index (χ3v) is 6.40. The lowest BCUT2D eigenvalue weighted by Crippen LogP contribution is -2.06. The number of carbonyl (C=O) groups excluding carboxylic acids is 2. The highest BCUT2D eigenvalue weighted by atomic mass is 127. The minimum Gasteiger partial charge on any atom is -0.461 e. The van der Waals surface area contributed by atoms with Gasteiger partial charge in [-0.15, -0.1) is 0 Å². The number of aryl methyl sites for hydroxylation is 2. The Morgan fingerprint density at radius 2 is 1.39 bits per heavy atom. The second kappa shape index (κ2) is 11.4. The van der Waals surface area contributed by atoms with E-state index in [1.807, 2.05) is 25.1 Å². The zero-order chi connectivity index (χ0) is 24.0. The van der Waals surface area contributed by atoms with Crippen LogP contribution in [0.25, 0.3) is 21.8 Å². The number of nitrogens with one attached hydrogen (secondary N) is 2. The molecule has 0 aliphatic heterocycles. The molecule has 0 amide bonds. The van der Waals surface area contributed by atoms with Crippen LogP contribution in [0.4, 0.5) is 0 Å². The lowest BCUT2D eigenvalue weighted by Gasteiger charge is -1.98. The molecule has 0 spiro atoms. The Bertz CT molecular complexity index is 1270. The molecule has 4 aromatic rings. The van der Waals surface area contributed by atoms with Gasteiger partial charge in [-0.1, -0.05) is 26.0 Å². The number of aromatic nitrogens is 2. The molecule has 0 saturated carbocycles. The van der Waals surface area contributed by atoms with Gasteiger partial charge in [-0.2, -0.15) is 0 Å². The second-order valence-electron chi connectivity index (χ2n) is 7.45. The number of fused-ring (bicyclic) bond motifs is 2. The van der Waals surface area contributed by atoms with Crippen LogP contribution in [0.15, 0.2) is 42.5 Å². The van der Waals surface area contributed by atoms with Crippen LogP contribution in [0.3, 0.4) is 0 Å². The number of aromatic amines is 2. The summed E-state index contributed by atoms with van der Waals surface area (Å²) >= 11 is 2.19. The van der Waals surface area contributed by atoms with Crippen molar-refractivity contribution < 1.29 is 19.1 Å². The summed E-state index contributed by atoms with van der Waals surface area (Å²) in [4.78, 5) is 29.4. The lowest BCUT2D eigenvalue weighted by atomic mass is 10.1. The van der Waals surface area contributed by atoms with Gasteiger partial charge in [0.25, 0.3) is 0 Å². The molecule has 0 aliphatic carbocycles. The van der Waals surface area contributed by atoms with Crippen LogP contribution in [0.1, 0.15) is 59.8 Å². The Morgan fingerprint density at radius 3 is 2.03 bits per heavy atom. The van der Waals surface area contributed by atoms with E-state index in [0.717, 1.165) is 38.2 Å². The average Bonchev–Trinajstić information content (AvgIpc) is 3.40. The van der Waals surface area contributed by atoms with Crippen LogP contribution < -0.4 is 0 Å². The summed E-state index contributed by atoms with van der Waals surface area (Å²) in [5.41, 5.74) is 5.56. The standard InChI is InChI=1S/C13H14INO2.C13H15NO2/c1-3-8-5-6-10-9(7-8)11(14)12(15-10)13(16)17-4-2;1-3-9-5-6-11-10(7-9)8-12(14-11)13(15)16-4-2/h5-7,15H,3-4H2,1-2H3;5-8,14H,3-4H2,1-2H3. The monoisotopic (exact) mass is 560 g/mol. The fourth-order valence-electron chi connectivity index (χ4n) is 3.49. The van der Waals surface area contributed by atoms with Crippen molar-refractivity contribution in [1.29, 1.82) is 0 Å². The third kappa shape index (κ3) is 5.76. The minimum absolute atomic E-state index is 0.286. The highest BCUT2D eigenvalue weighted by Crippen LogP contribution is 2.26. The first-order valence-corrected chi connectivity index (χ1v) is 12.3. The Labute approximate surface area is 207 Å². The summed E-state index contributed by atoms with van der Waals surface area (Å²) < 4.78 is 10.9. The summed E-state index contributed by atoms with van der Waals surface area (Å²) in [5.74, 6) is -0.581. The first kappa shape index (κ1) is 24.8. The fraction of sp³-hybridized carbons (Fsp3) is 0.308. The normalized spacial score (nSPS) is 10.7. The molecule has 2 aromatic heterocycles. The van der Waals surface area contributed by atoms with E-state index in [4.69, 9.17) is 9.47 Å². The van der Waals surface area contributed by atoms with E-state index >= 15 is 0 Å². The molecule has 2 N–H and O–H groups in total. The average molecular weight is 560 g/mol. The quantitative estimate of drug-likeness (QED) is 0.211. The molecule has 6 nitrogen and oxygen atoms in total. The SMILES string of the molecule is CCOC(=O)c1[nH]c2ccc(CC)cc2c1I.CCOC(=O)c1cc2cc(CC)ccc2[nH]1. The molecule has 7 heteroatoms. The Hall–Kier alpha value is -2.81. The van der Waals surface area contributed by atoms with Crippen molar-refractivity contribution in [2.75, 3.05) is 13.2 Å². The van der Waals surface area contributed by atoms with Crippen molar-refractivity contribution in [1.82, 2.24) is 9.97 Å². The van der Waals surface area contributed by atoms with E-state index in [9.17, 15) is 9.59 Å². The van der Waals surface area contributed by atoms with E-state index in [1.54, 1.807) is 6.92 Å². The van der Waals surface area contributed by atoms with Gasteiger partial charge in [-0.05, 0) is 90.7 Å². The third-order valence-electron chi connectivity index (χ3n) is 5.28. The van der Waals surface area contributed by atoms with Crippen molar-refractivity contribution in [3.05, 3.63) is 68.5 Å². The number of H-pyrrole nitrogens is 2. The van der Waals surface area contributed by atoms with Gasteiger partial charge in [0.15, 0.2) is 0 Å². The molecule has 0 unspecified atom stereocenters. The van der Waals surface area contributed by atoms with Gasteiger partial charge in [0.1, 0.15) is 11.4 Å². The predicted octanol–water partition coefficient (Wildman–Crippen LogP) is 6.42. The van der Waals surface area contributed by atoms with Crippen LogP contribution in [-0.4, -0.2) is 35.1 Å². The molecule has 174 valence electrons. The largest absolute Gasteiger partial charge is 0.461 e. The topological polar surface area (TPSA) is 84.2 Å². The Balaban J connectivity index is 0.000000186. The molecule has 0 saturated heterocycles. The van der Waals surface area contributed by atoms with Gasteiger partial charge in [-0.3, -0.25) is 0 Å². The molecule has 0 radical (unpaired) electrons. The molecule has 2 heterocycles. The maximum atomic E-state index is 11.7. The highest BCUT2D eigenvalue weighted by Gasteiger charge is 2.16. The summed E-state index contributed by atoms with van der Waals surface area (Å²) in [6.07, 6.45) is 1.99. The number of hydrogen-bond acceptors (Lipinski definition) is 4. The summed E-state index contributed by atoms with van der Waals surface area (Å²) in [6.45, 7) is 8.63. The van der Waals surface area contributed by atoms with E-state index in [1.165, 1.54) is 11.1 Å². The number of carbonyl (C=O) groups is 2. The number of ether oxygens (including phenoxy) is 2. The number of esters is 2. The molecule has 4 rings (SSSR count). The van der Waals surface area contributed by atoms with Crippen molar-refractivity contribution in [2.45, 2.75) is 40.5 Å². The molecule has 0 bridgehead atoms. The summed E-state index contributed by atoms with van der Waals surface area (Å²) in [7, 11) is 0. The molecular formula is C26H29IN2O4. The van der Waals surface area contributed by atoms with E-state index in [-0.39, 0.29) is 11.9 Å². The minimum atomic E-state index is -0.295. The maximum Gasteiger partial charge on any atom is 0.355 e. The number of benzene rings is 2. The smallest absolute Gasteiger partial charge is 0.355 e. The second-order valence-corrected chi connectivity index (χ2v) is 8.53. The molecule has 0 fully saturated rings. The van der Waals surface area contributed by atoms with Gasteiger partial charge in [0.2, 0.25) is 0 Å². The number of rotatable bonds is 6. The van der Waals surface area contributed by atoms with Crippen LogP contribution in [0, 0.1) is 3.57 Å². The van der Waals surface area contributed by atoms with Gasteiger partial charge in [0, 0.05) is 21.8 Å². The fourth-order valence-corrected chi connectivity index (χ4v) is 4.29. The van der Waals surface area contributed by atoms with Crippen LogP contribution in [0.2, 0.25) is 0 Å². The summed E-state index contributed by atoms with van der Waals surface area (Å²) in [5, 5.41) is 2.15. The van der Waals surface area contributed by atoms with Crippen LogP contribution >= 0.6 is 22.6 Å². The number of halogens is 1. The maximum absolute atomic E-state index is 11.7. The van der Waals surface area contributed by atoms with Gasteiger partial charge >= 0.3 is 11.9 Å². The Kier molecular flexibility index (Phi) is 8.55. The molecule has 0 atom stereocenters. The van der Waals surface area contributed by atoms with E-state index in [2.05, 4.69) is 70.7 Å². The Morgan fingerprint density at radius 1 is 0.788 bits per heavy atom. The van der Waals surface area contributed by atoms with E-state index in [0.29, 0.717) is 24.6 Å². The van der Waals surface area contributed by atoms with Crippen molar-refractivity contribution >= 4 is 56.3 Å². The first-order valence-electron chi connectivity index (χ1n) is 11.2. The summed E-state index contributed by atoms with van der Waals surface area (Å²) in [6, 6.07) is 14.2. The van der Waals surface area contributed by atoms with Crippen molar-refractivity contribution in [3.63, 3.8) is 0 Å².